The molecular formula is C21H20N2O5. The second kappa shape index (κ2) is 7.64. The molecule has 0 aromatic heterocycles. The van der Waals surface area contributed by atoms with Gasteiger partial charge in [-0.05, 0) is 48.4 Å². The van der Waals surface area contributed by atoms with Crippen LogP contribution in [-0.2, 0) is 9.53 Å². The van der Waals surface area contributed by atoms with Crippen molar-refractivity contribution in [1.29, 1.82) is 0 Å². The summed E-state index contributed by atoms with van der Waals surface area (Å²) in [5.41, 5.74) is 1.56. The fourth-order valence-corrected chi connectivity index (χ4v) is 2.83. The summed E-state index contributed by atoms with van der Waals surface area (Å²) in [5, 5.41) is 2.62. The first-order valence-electron chi connectivity index (χ1n) is 8.85. The lowest BCUT2D eigenvalue weighted by molar-refractivity contribution is -0.114. The van der Waals surface area contributed by atoms with Crippen molar-refractivity contribution in [2.75, 3.05) is 16.8 Å². The number of rotatable bonds is 5. The molecule has 1 aliphatic rings. The van der Waals surface area contributed by atoms with Crippen LogP contribution < -0.4 is 10.2 Å². The summed E-state index contributed by atoms with van der Waals surface area (Å²) in [6.45, 7) is 5.51. The zero-order valence-corrected chi connectivity index (χ0v) is 15.8. The second-order valence-corrected chi connectivity index (χ2v) is 6.93. The molecule has 0 saturated heterocycles. The highest BCUT2D eigenvalue weighted by Gasteiger charge is 2.37. The fourth-order valence-electron chi connectivity index (χ4n) is 2.83. The van der Waals surface area contributed by atoms with E-state index in [4.69, 9.17) is 4.74 Å². The Morgan fingerprint density at radius 2 is 1.64 bits per heavy atom. The van der Waals surface area contributed by atoms with Crippen molar-refractivity contribution in [1.82, 2.24) is 0 Å². The maximum Gasteiger partial charge on any atom is 0.338 e. The lowest BCUT2D eigenvalue weighted by Crippen LogP contribution is -2.29. The Morgan fingerprint density at radius 3 is 2.25 bits per heavy atom. The van der Waals surface area contributed by atoms with Crippen LogP contribution in [0.4, 0.5) is 11.4 Å². The standard InChI is InChI=1S/C21H20N2O5/c1-12(2)11-28-21(27)14-4-9-17-18(10-14)20(26)23(19(17)25)16-7-5-15(6-8-16)22-13(3)24/h4-10,12H,11H2,1-3H3,(H,22,24). The summed E-state index contributed by atoms with van der Waals surface area (Å²) in [6.07, 6.45) is 0. The van der Waals surface area contributed by atoms with Crippen LogP contribution >= 0.6 is 0 Å². The highest BCUT2D eigenvalue weighted by atomic mass is 16.5. The molecule has 28 heavy (non-hydrogen) atoms. The summed E-state index contributed by atoms with van der Waals surface area (Å²) in [6, 6.07) is 10.7. The third-order valence-corrected chi connectivity index (χ3v) is 4.12. The minimum atomic E-state index is -0.533. The minimum absolute atomic E-state index is 0.162. The van der Waals surface area contributed by atoms with Gasteiger partial charge in [0.15, 0.2) is 0 Å². The zero-order chi connectivity index (χ0) is 20.4. The number of anilines is 2. The van der Waals surface area contributed by atoms with Gasteiger partial charge in [-0.15, -0.1) is 0 Å². The maximum atomic E-state index is 12.8. The van der Waals surface area contributed by atoms with Crippen LogP contribution in [0.5, 0.6) is 0 Å². The fraction of sp³-hybridized carbons (Fsp3) is 0.238. The molecule has 0 unspecified atom stereocenters. The molecule has 0 aliphatic carbocycles. The molecule has 3 amide bonds. The molecule has 1 N–H and O–H groups in total. The van der Waals surface area contributed by atoms with Crippen LogP contribution in [0.1, 0.15) is 51.8 Å². The monoisotopic (exact) mass is 380 g/mol. The Labute approximate surface area is 162 Å². The number of carbonyl (C=O) groups excluding carboxylic acids is 4. The average molecular weight is 380 g/mol. The number of ether oxygens (including phenoxy) is 1. The Kier molecular flexibility index (Phi) is 5.26. The van der Waals surface area contributed by atoms with Crippen molar-refractivity contribution in [3.8, 4) is 0 Å². The summed E-state index contributed by atoms with van der Waals surface area (Å²) >= 11 is 0. The van der Waals surface area contributed by atoms with Gasteiger partial charge in [-0.25, -0.2) is 9.69 Å². The lowest BCUT2D eigenvalue weighted by Gasteiger charge is -2.14. The van der Waals surface area contributed by atoms with Crippen LogP contribution in [0.15, 0.2) is 42.5 Å². The minimum Gasteiger partial charge on any atom is -0.462 e. The molecule has 2 aromatic carbocycles. The lowest BCUT2D eigenvalue weighted by atomic mass is 10.1. The van der Waals surface area contributed by atoms with Crippen molar-refractivity contribution >= 4 is 35.1 Å². The quantitative estimate of drug-likeness (QED) is 0.635. The van der Waals surface area contributed by atoms with E-state index < -0.39 is 17.8 Å². The normalized spacial score (nSPS) is 12.9. The predicted octanol–water partition coefficient (Wildman–Crippen LogP) is 3.26. The average Bonchev–Trinajstić information content (AvgIpc) is 2.90. The van der Waals surface area contributed by atoms with E-state index in [-0.39, 0.29) is 35.1 Å². The summed E-state index contributed by atoms with van der Waals surface area (Å²) in [4.78, 5) is 49.8. The van der Waals surface area contributed by atoms with E-state index in [1.54, 1.807) is 24.3 Å². The molecule has 0 bridgehead atoms. The van der Waals surface area contributed by atoms with E-state index in [0.717, 1.165) is 4.90 Å². The van der Waals surface area contributed by atoms with Gasteiger partial charge in [-0.3, -0.25) is 14.4 Å². The van der Waals surface area contributed by atoms with Crippen molar-refractivity contribution < 1.29 is 23.9 Å². The van der Waals surface area contributed by atoms with Crippen molar-refractivity contribution in [2.45, 2.75) is 20.8 Å². The first-order chi connectivity index (χ1) is 13.3. The number of imide groups is 1. The highest BCUT2D eigenvalue weighted by Crippen LogP contribution is 2.30. The summed E-state index contributed by atoms with van der Waals surface area (Å²) < 4.78 is 5.18. The molecule has 7 nitrogen and oxygen atoms in total. The van der Waals surface area contributed by atoms with E-state index in [9.17, 15) is 19.2 Å². The molecule has 0 saturated carbocycles. The molecule has 1 aliphatic heterocycles. The smallest absolute Gasteiger partial charge is 0.338 e. The van der Waals surface area contributed by atoms with E-state index in [1.165, 1.54) is 25.1 Å². The Balaban J connectivity index is 1.85. The molecule has 144 valence electrons. The maximum absolute atomic E-state index is 12.8. The molecule has 0 fully saturated rings. The van der Waals surface area contributed by atoms with Crippen LogP contribution in [-0.4, -0.2) is 30.3 Å². The first kappa shape index (κ1) is 19.3. The van der Waals surface area contributed by atoms with Gasteiger partial charge >= 0.3 is 5.97 Å². The van der Waals surface area contributed by atoms with Gasteiger partial charge < -0.3 is 10.1 Å². The Bertz CT molecular complexity index is 963. The van der Waals surface area contributed by atoms with Gasteiger partial charge in [0.25, 0.3) is 11.8 Å². The first-order valence-corrected chi connectivity index (χ1v) is 8.85. The largest absolute Gasteiger partial charge is 0.462 e. The second-order valence-electron chi connectivity index (χ2n) is 6.93. The highest BCUT2D eigenvalue weighted by molar-refractivity contribution is 6.34. The molecule has 2 aromatic rings. The van der Waals surface area contributed by atoms with Gasteiger partial charge in [0.2, 0.25) is 5.91 Å². The third kappa shape index (κ3) is 3.78. The Morgan fingerprint density at radius 1 is 1.00 bits per heavy atom. The molecule has 0 atom stereocenters. The van der Waals surface area contributed by atoms with Gasteiger partial charge in [-0.2, -0.15) is 0 Å². The van der Waals surface area contributed by atoms with E-state index >= 15 is 0 Å². The SMILES string of the molecule is CC(=O)Nc1ccc(N2C(=O)c3ccc(C(=O)OCC(C)C)cc3C2=O)cc1. The topological polar surface area (TPSA) is 92.8 Å². The molecule has 1 heterocycles. The predicted molar refractivity (Wildman–Crippen MR) is 103 cm³/mol. The number of carbonyl (C=O) groups is 4. The Hall–Kier alpha value is -3.48. The zero-order valence-electron chi connectivity index (χ0n) is 15.8. The number of benzene rings is 2. The van der Waals surface area contributed by atoms with Gasteiger partial charge in [0.1, 0.15) is 0 Å². The van der Waals surface area contributed by atoms with Gasteiger partial charge in [-0.1, -0.05) is 13.8 Å². The number of amides is 3. The van der Waals surface area contributed by atoms with Gasteiger partial charge in [0, 0.05) is 12.6 Å². The number of esters is 1. The molecular weight excluding hydrogens is 360 g/mol. The van der Waals surface area contributed by atoms with E-state index in [0.29, 0.717) is 11.4 Å². The van der Waals surface area contributed by atoms with Crippen molar-refractivity contribution in [3.63, 3.8) is 0 Å². The van der Waals surface area contributed by atoms with Crippen LogP contribution in [0, 0.1) is 5.92 Å². The number of fused-ring (bicyclic) bond motifs is 1. The molecule has 7 heteroatoms. The molecule has 0 radical (unpaired) electrons. The number of nitrogens with zero attached hydrogens (tertiary/aromatic N) is 1. The number of nitrogens with one attached hydrogen (secondary N) is 1. The van der Waals surface area contributed by atoms with Crippen LogP contribution in [0.25, 0.3) is 0 Å². The number of hydrogen-bond acceptors (Lipinski definition) is 5. The summed E-state index contributed by atoms with van der Waals surface area (Å²) in [7, 11) is 0. The third-order valence-electron chi connectivity index (χ3n) is 4.12. The van der Waals surface area contributed by atoms with E-state index in [2.05, 4.69) is 5.32 Å². The number of hydrogen-bond donors (Lipinski definition) is 1. The van der Waals surface area contributed by atoms with Crippen LogP contribution in [0.2, 0.25) is 0 Å². The molecule has 0 spiro atoms. The van der Waals surface area contributed by atoms with Gasteiger partial charge in [0.05, 0.1) is 29.0 Å². The summed E-state index contributed by atoms with van der Waals surface area (Å²) in [5.74, 6) is -1.53. The van der Waals surface area contributed by atoms with Crippen molar-refractivity contribution in [2.24, 2.45) is 5.92 Å². The van der Waals surface area contributed by atoms with Crippen molar-refractivity contribution in [3.05, 3.63) is 59.2 Å². The van der Waals surface area contributed by atoms with Crippen LogP contribution in [0.3, 0.4) is 0 Å². The molecule has 3 rings (SSSR count). The van der Waals surface area contributed by atoms with E-state index in [1.807, 2.05) is 13.8 Å².